The van der Waals surface area contributed by atoms with Gasteiger partial charge in [0.15, 0.2) is 0 Å². The third-order valence-corrected chi connectivity index (χ3v) is 1.81. The van der Waals surface area contributed by atoms with Crippen molar-refractivity contribution in [2.75, 3.05) is 20.8 Å². The first kappa shape index (κ1) is 10.7. The van der Waals surface area contributed by atoms with Crippen LogP contribution in [0.1, 0.15) is 19.8 Å². The van der Waals surface area contributed by atoms with Crippen LogP contribution in [0.25, 0.3) is 0 Å². The molecule has 1 unspecified atom stereocenters. The van der Waals surface area contributed by atoms with Gasteiger partial charge in [0.2, 0.25) is 0 Å². The zero-order chi connectivity index (χ0) is 8.69. The highest BCUT2D eigenvalue weighted by molar-refractivity contribution is 4.96. The highest BCUT2D eigenvalue weighted by Gasteiger charge is 2.05. The molecule has 0 aliphatic rings. The van der Waals surface area contributed by atoms with E-state index in [2.05, 4.69) is 18.8 Å². The minimum absolute atomic E-state index is 0.424. The fourth-order valence-corrected chi connectivity index (χ4v) is 0.938. The van der Waals surface area contributed by atoms with Crippen LogP contribution in [0.3, 0.4) is 0 Å². The molecule has 1 N–H and O–H groups in total. The van der Waals surface area contributed by atoms with Crippen LogP contribution in [-0.2, 0) is 4.74 Å². The Bertz CT molecular complexity index is 112. The van der Waals surface area contributed by atoms with Gasteiger partial charge in [-0.1, -0.05) is 19.1 Å². The second kappa shape index (κ2) is 6.38. The first-order valence-corrected chi connectivity index (χ1v) is 4.07. The van der Waals surface area contributed by atoms with Crippen molar-refractivity contribution in [3.05, 3.63) is 12.2 Å². The van der Waals surface area contributed by atoms with Crippen molar-refractivity contribution in [2.24, 2.45) is 0 Å². The Hall–Kier alpha value is -0.340. The zero-order valence-electron chi connectivity index (χ0n) is 7.81. The highest BCUT2D eigenvalue weighted by Crippen LogP contribution is 2.06. The molecule has 0 aliphatic carbocycles. The minimum Gasteiger partial charge on any atom is -0.383 e. The molecule has 11 heavy (non-hydrogen) atoms. The number of ether oxygens (including phenoxy) is 1. The molecule has 1 atom stereocenters. The smallest absolute Gasteiger partial charge is 0.0618 e. The normalized spacial score (nSPS) is 13.0. The lowest BCUT2D eigenvalue weighted by Crippen LogP contribution is -2.30. The van der Waals surface area contributed by atoms with E-state index in [0.29, 0.717) is 6.04 Å². The molecule has 0 aromatic carbocycles. The van der Waals surface area contributed by atoms with Crippen molar-refractivity contribution >= 4 is 0 Å². The van der Waals surface area contributed by atoms with Gasteiger partial charge in [-0.25, -0.2) is 0 Å². The quantitative estimate of drug-likeness (QED) is 0.591. The lowest BCUT2D eigenvalue weighted by molar-refractivity contribution is 0.169. The second-order valence-corrected chi connectivity index (χ2v) is 2.75. The van der Waals surface area contributed by atoms with E-state index < -0.39 is 0 Å². The number of methoxy groups -OCH3 is 1. The van der Waals surface area contributed by atoms with Gasteiger partial charge in [-0.3, -0.25) is 0 Å². The Morgan fingerprint density at radius 2 is 2.27 bits per heavy atom. The Labute approximate surface area is 69.6 Å². The van der Waals surface area contributed by atoms with Crippen molar-refractivity contribution in [3.63, 3.8) is 0 Å². The summed E-state index contributed by atoms with van der Waals surface area (Å²) in [4.78, 5) is 0. The number of nitrogens with one attached hydrogen (secondary N) is 1. The lowest BCUT2D eigenvalue weighted by Gasteiger charge is -2.15. The fourth-order valence-electron chi connectivity index (χ4n) is 0.938. The van der Waals surface area contributed by atoms with Crippen LogP contribution >= 0.6 is 0 Å². The standard InChI is InChI=1S/C9H19NO/c1-5-8(2)6-9(10-3)7-11-4/h9-10H,2,5-7H2,1,3-4H3. The summed E-state index contributed by atoms with van der Waals surface area (Å²) in [6.07, 6.45) is 2.07. The third-order valence-electron chi connectivity index (χ3n) is 1.81. The van der Waals surface area contributed by atoms with E-state index in [0.717, 1.165) is 19.4 Å². The van der Waals surface area contributed by atoms with E-state index in [1.165, 1.54) is 5.57 Å². The van der Waals surface area contributed by atoms with Gasteiger partial charge in [0, 0.05) is 13.2 Å². The fraction of sp³-hybridized carbons (Fsp3) is 0.778. The molecule has 0 amide bonds. The highest BCUT2D eigenvalue weighted by atomic mass is 16.5. The predicted molar refractivity (Wildman–Crippen MR) is 48.8 cm³/mol. The van der Waals surface area contributed by atoms with E-state index in [1.54, 1.807) is 7.11 Å². The molecule has 0 saturated carbocycles. The molecule has 66 valence electrons. The van der Waals surface area contributed by atoms with Gasteiger partial charge >= 0.3 is 0 Å². The summed E-state index contributed by atoms with van der Waals surface area (Å²) in [7, 11) is 3.67. The summed E-state index contributed by atoms with van der Waals surface area (Å²) in [5.41, 5.74) is 1.28. The van der Waals surface area contributed by atoms with Gasteiger partial charge in [-0.15, -0.1) is 0 Å². The SMILES string of the molecule is C=C(CC)CC(COC)NC. The molecule has 0 aliphatic heterocycles. The second-order valence-electron chi connectivity index (χ2n) is 2.75. The molecular weight excluding hydrogens is 138 g/mol. The molecule has 0 spiro atoms. The topological polar surface area (TPSA) is 21.3 Å². The maximum absolute atomic E-state index is 5.04. The summed E-state index contributed by atoms with van der Waals surface area (Å²) in [6, 6.07) is 0.424. The average Bonchev–Trinajstić information content (AvgIpc) is 2.03. The minimum atomic E-state index is 0.424. The summed E-state index contributed by atoms with van der Waals surface area (Å²) >= 11 is 0. The lowest BCUT2D eigenvalue weighted by atomic mass is 10.1. The summed E-state index contributed by atoms with van der Waals surface area (Å²) in [5.74, 6) is 0. The molecule has 0 aromatic rings. The van der Waals surface area contributed by atoms with Crippen LogP contribution in [0.4, 0.5) is 0 Å². The van der Waals surface area contributed by atoms with E-state index in [-0.39, 0.29) is 0 Å². The average molecular weight is 157 g/mol. The largest absolute Gasteiger partial charge is 0.383 e. The van der Waals surface area contributed by atoms with Crippen molar-refractivity contribution in [2.45, 2.75) is 25.8 Å². The summed E-state index contributed by atoms with van der Waals surface area (Å²) in [5, 5.41) is 3.18. The zero-order valence-corrected chi connectivity index (χ0v) is 7.81. The molecular formula is C9H19NO. The van der Waals surface area contributed by atoms with E-state index in [1.807, 2.05) is 7.05 Å². The van der Waals surface area contributed by atoms with Gasteiger partial charge in [-0.05, 0) is 19.9 Å². The van der Waals surface area contributed by atoms with Crippen molar-refractivity contribution in [1.82, 2.24) is 5.32 Å². The Morgan fingerprint density at radius 1 is 1.64 bits per heavy atom. The predicted octanol–water partition coefficient (Wildman–Crippen LogP) is 1.58. The Morgan fingerprint density at radius 3 is 2.64 bits per heavy atom. The first-order valence-electron chi connectivity index (χ1n) is 4.07. The van der Waals surface area contributed by atoms with Crippen molar-refractivity contribution in [3.8, 4) is 0 Å². The molecule has 0 rings (SSSR count). The van der Waals surface area contributed by atoms with Gasteiger partial charge < -0.3 is 10.1 Å². The summed E-state index contributed by atoms with van der Waals surface area (Å²) < 4.78 is 5.04. The monoisotopic (exact) mass is 157 g/mol. The molecule has 0 saturated heterocycles. The first-order chi connectivity index (χ1) is 5.24. The van der Waals surface area contributed by atoms with Gasteiger partial charge in [0.1, 0.15) is 0 Å². The van der Waals surface area contributed by atoms with Gasteiger partial charge in [0.25, 0.3) is 0 Å². The number of hydrogen-bond donors (Lipinski definition) is 1. The molecule has 0 radical (unpaired) electrons. The molecule has 0 aromatic heterocycles. The van der Waals surface area contributed by atoms with Gasteiger partial charge in [-0.2, -0.15) is 0 Å². The number of rotatable bonds is 6. The molecule has 0 fully saturated rings. The molecule has 2 nitrogen and oxygen atoms in total. The van der Waals surface area contributed by atoms with Crippen LogP contribution in [0.15, 0.2) is 12.2 Å². The molecule has 0 bridgehead atoms. The van der Waals surface area contributed by atoms with E-state index >= 15 is 0 Å². The van der Waals surface area contributed by atoms with E-state index in [9.17, 15) is 0 Å². The third kappa shape index (κ3) is 4.99. The van der Waals surface area contributed by atoms with Crippen molar-refractivity contribution in [1.29, 1.82) is 0 Å². The molecule has 2 heteroatoms. The van der Waals surface area contributed by atoms with Crippen LogP contribution in [0.2, 0.25) is 0 Å². The summed E-state index contributed by atoms with van der Waals surface area (Å²) in [6.45, 7) is 6.83. The van der Waals surface area contributed by atoms with E-state index in [4.69, 9.17) is 4.74 Å². The molecule has 0 heterocycles. The number of hydrogen-bond acceptors (Lipinski definition) is 2. The van der Waals surface area contributed by atoms with Crippen molar-refractivity contribution < 1.29 is 4.74 Å². The van der Waals surface area contributed by atoms with Crippen LogP contribution < -0.4 is 5.32 Å². The Kier molecular flexibility index (Phi) is 6.18. The van der Waals surface area contributed by atoms with Crippen LogP contribution in [0, 0.1) is 0 Å². The Balaban J connectivity index is 3.58. The van der Waals surface area contributed by atoms with Crippen LogP contribution in [0.5, 0.6) is 0 Å². The van der Waals surface area contributed by atoms with Crippen LogP contribution in [-0.4, -0.2) is 26.8 Å². The number of likely N-dealkylation sites (N-methyl/N-ethyl adjacent to an activating group) is 1. The maximum Gasteiger partial charge on any atom is 0.0618 e. The maximum atomic E-state index is 5.04. The van der Waals surface area contributed by atoms with Gasteiger partial charge in [0.05, 0.1) is 6.61 Å².